The third-order valence-corrected chi connectivity index (χ3v) is 5.89. The second-order valence-electron chi connectivity index (χ2n) is 6.95. The Hall–Kier alpha value is -2.64. The number of halogens is 1. The first-order valence-electron chi connectivity index (χ1n) is 9.50. The summed E-state index contributed by atoms with van der Waals surface area (Å²) < 4.78 is 0. The molecular formula is C21H22ClN5OS. The Bertz CT molecular complexity index is 983. The summed E-state index contributed by atoms with van der Waals surface area (Å²) in [4.78, 5) is 25.8. The lowest BCUT2D eigenvalue weighted by Gasteiger charge is -2.36. The molecule has 150 valence electrons. The van der Waals surface area contributed by atoms with Crippen LogP contribution < -0.4 is 10.2 Å². The van der Waals surface area contributed by atoms with Gasteiger partial charge in [-0.3, -0.25) is 4.79 Å². The van der Waals surface area contributed by atoms with Crippen molar-refractivity contribution in [2.24, 2.45) is 0 Å². The molecule has 3 aromatic rings. The molecule has 1 amide bonds. The third-order valence-electron chi connectivity index (χ3n) is 4.83. The van der Waals surface area contributed by atoms with Gasteiger partial charge in [0.1, 0.15) is 5.82 Å². The van der Waals surface area contributed by atoms with E-state index in [4.69, 9.17) is 11.6 Å². The summed E-state index contributed by atoms with van der Waals surface area (Å²) in [7, 11) is 0. The van der Waals surface area contributed by atoms with Gasteiger partial charge >= 0.3 is 0 Å². The molecule has 1 aliphatic rings. The van der Waals surface area contributed by atoms with Gasteiger partial charge in [-0.25, -0.2) is 9.97 Å². The van der Waals surface area contributed by atoms with E-state index in [1.165, 1.54) is 11.3 Å². The van der Waals surface area contributed by atoms with Gasteiger partial charge in [0.15, 0.2) is 5.13 Å². The Labute approximate surface area is 179 Å². The van der Waals surface area contributed by atoms with Gasteiger partial charge in [0, 0.05) is 48.0 Å². The number of pyridine rings is 1. The van der Waals surface area contributed by atoms with Crippen LogP contribution in [0.4, 0.5) is 16.6 Å². The number of hydrogen-bond donors (Lipinski definition) is 1. The molecule has 6 nitrogen and oxygen atoms in total. The predicted octanol–water partition coefficient (Wildman–Crippen LogP) is 4.13. The minimum absolute atomic E-state index is 0.117. The van der Waals surface area contributed by atoms with Gasteiger partial charge in [0.05, 0.1) is 12.1 Å². The number of benzene rings is 1. The van der Waals surface area contributed by atoms with E-state index in [0.717, 1.165) is 46.1 Å². The fraction of sp³-hybridized carbons (Fsp3) is 0.286. The number of nitrogens with zero attached hydrogens (tertiary/aromatic N) is 4. The summed E-state index contributed by atoms with van der Waals surface area (Å²) in [6.45, 7) is 5.00. The summed E-state index contributed by atoms with van der Waals surface area (Å²) in [5.41, 5.74) is 2.87. The van der Waals surface area contributed by atoms with Gasteiger partial charge < -0.3 is 15.1 Å². The van der Waals surface area contributed by atoms with Gasteiger partial charge in [-0.1, -0.05) is 17.7 Å². The van der Waals surface area contributed by atoms with Crippen molar-refractivity contribution in [1.29, 1.82) is 0 Å². The molecule has 0 aliphatic carbocycles. The quantitative estimate of drug-likeness (QED) is 0.663. The molecule has 2 aromatic heterocycles. The maximum absolute atomic E-state index is 12.7. The van der Waals surface area contributed by atoms with Crippen molar-refractivity contribution < 1.29 is 4.79 Å². The highest BCUT2D eigenvalue weighted by molar-refractivity contribution is 7.13. The van der Waals surface area contributed by atoms with Gasteiger partial charge in [-0.15, -0.1) is 11.3 Å². The number of piperazine rings is 1. The van der Waals surface area contributed by atoms with Crippen molar-refractivity contribution in [3.63, 3.8) is 0 Å². The van der Waals surface area contributed by atoms with E-state index in [1.54, 1.807) is 0 Å². The summed E-state index contributed by atoms with van der Waals surface area (Å²) in [6.07, 6.45) is 0.320. The Morgan fingerprint density at radius 2 is 1.86 bits per heavy atom. The van der Waals surface area contributed by atoms with Crippen LogP contribution in [0.1, 0.15) is 11.4 Å². The molecule has 1 N–H and O–H groups in total. The number of nitrogens with one attached hydrogen (secondary N) is 1. The average Bonchev–Trinajstić information content (AvgIpc) is 3.15. The number of carbonyl (C=O) groups excluding carboxylic acids is 1. The Morgan fingerprint density at radius 3 is 2.59 bits per heavy atom. The molecule has 1 aromatic carbocycles. The molecule has 0 spiro atoms. The minimum atomic E-state index is 0.117. The van der Waals surface area contributed by atoms with Crippen molar-refractivity contribution >= 4 is 45.5 Å². The van der Waals surface area contributed by atoms with Crippen LogP contribution in [0.25, 0.3) is 0 Å². The molecule has 29 heavy (non-hydrogen) atoms. The number of thiazole rings is 1. The molecule has 4 rings (SSSR count). The number of anilines is 3. The third kappa shape index (κ3) is 5.05. The lowest BCUT2D eigenvalue weighted by molar-refractivity contribution is -0.130. The second kappa shape index (κ2) is 8.80. The largest absolute Gasteiger partial charge is 0.368 e. The van der Waals surface area contributed by atoms with Crippen LogP contribution in [0.15, 0.2) is 47.8 Å². The van der Waals surface area contributed by atoms with E-state index >= 15 is 0 Å². The lowest BCUT2D eigenvalue weighted by Crippen LogP contribution is -2.49. The maximum Gasteiger partial charge on any atom is 0.228 e. The summed E-state index contributed by atoms with van der Waals surface area (Å²) >= 11 is 7.45. The first-order valence-corrected chi connectivity index (χ1v) is 10.8. The Balaban J connectivity index is 1.30. The molecule has 0 unspecified atom stereocenters. The fourth-order valence-electron chi connectivity index (χ4n) is 3.30. The highest BCUT2D eigenvalue weighted by Crippen LogP contribution is 2.22. The average molecular weight is 428 g/mol. The van der Waals surface area contributed by atoms with Gasteiger partial charge in [0.2, 0.25) is 5.91 Å². The fourth-order valence-corrected chi connectivity index (χ4v) is 4.14. The summed E-state index contributed by atoms with van der Waals surface area (Å²) in [5.74, 6) is 0.877. The topological polar surface area (TPSA) is 61.4 Å². The van der Waals surface area contributed by atoms with Crippen LogP contribution in [-0.2, 0) is 11.2 Å². The van der Waals surface area contributed by atoms with Crippen molar-refractivity contribution in [1.82, 2.24) is 14.9 Å². The van der Waals surface area contributed by atoms with Crippen LogP contribution in [0.2, 0.25) is 5.02 Å². The molecule has 1 saturated heterocycles. The van der Waals surface area contributed by atoms with Gasteiger partial charge in [-0.05, 0) is 43.3 Å². The van der Waals surface area contributed by atoms with Gasteiger partial charge in [-0.2, -0.15) is 0 Å². The number of amides is 1. The molecule has 0 bridgehead atoms. The molecular weight excluding hydrogens is 406 g/mol. The van der Waals surface area contributed by atoms with E-state index in [1.807, 2.05) is 59.7 Å². The first-order chi connectivity index (χ1) is 14.1. The van der Waals surface area contributed by atoms with E-state index in [9.17, 15) is 4.79 Å². The summed E-state index contributed by atoms with van der Waals surface area (Å²) in [5, 5.41) is 6.61. The monoisotopic (exact) mass is 427 g/mol. The normalized spacial score (nSPS) is 14.1. The Morgan fingerprint density at radius 1 is 1.10 bits per heavy atom. The van der Waals surface area contributed by atoms with Crippen molar-refractivity contribution in [2.75, 3.05) is 36.4 Å². The smallest absolute Gasteiger partial charge is 0.228 e. The van der Waals surface area contributed by atoms with Gasteiger partial charge in [0.25, 0.3) is 0 Å². The molecule has 1 fully saturated rings. The molecule has 8 heteroatoms. The maximum atomic E-state index is 12.7. The van der Waals surface area contributed by atoms with Crippen LogP contribution in [0, 0.1) is 6.92 Å². The van der Waals surface area contributed by atoms with Crippen LogP contribution >= 0.6 is 22.9 Å². The van der Waals surface area contributed by atoms with Crippen molar-refractivity contribution in [2.45, 2.75) is 13.3 Å². The minimum Gasteiger partial charge on any atom is -0.368 e. The van der Waals surface area contributed by atoms with E-state index in [-0.39, 0.29) is 5.91 Å². The first kappa shape index (κ1) is 19.7. The number of rotatable bonds is 5. The Kier molecular flexibility index (Phi) is 5.97. The molecule has 0 saturated carbocycles. The second-order valence-corrected chi connectivity index (χ2v) is 8.25. The zero-order valence-corrected chi connectivity index (χ0v) is 17.7. The van der Waals surface area contributed by atoms with Crippen molar-refractivity contribution in [3.8, 4) is 0 Å². The molecule has 0 atom stereocenters. The number of aromatic nitrogens is 2. The molecule has 0 radical (unpaired) electrons. The van der Waals surface area contributed by atoms with E-state index < -0.39 is 0 Å². The van der Waals surface area contributed by atoms with E-state index in [0.29, 0.717) is 19.5 Å². The van der Waals surface area contributed by atoms with E-state index in [2.05, 4.69) is 20.2 Å². The number of hydrogen-bond acceptors (Lipinski definition) is 6. The van der Waals surface area contributed by atoms with Crippen molar-refractivity contribution in [3.05, 3.63) is 64.3 Å². The molecule has 1 aliphatic heterocycles. The van der Waals surface area contributed by atoms with Crippen LogP contribution in [-0.4, -0.2) is 47.0 Å². The zero-order chi connectivity index (χ0) is 20.2. The number of aryl methyl sites for hydroxylation is 1. The standard InChI is InChI=1S/C21H22ClN5OS/c1-15-3-2-4-19(23-15)25-21-24-17(14-29-21)13-20(28)27-11-9-26(10-12-27)18-7-5-16(22)6-8-18/h2-8,14H,9-13H2,1H3,(H,23,24,25). The highest BCUT2D eigenvalue weighted by Gasteiger charge is 2.22. The predicted molar refractivity (Wildman–Crippen MR) is 118 cm³/mol. The lowest BCUT2D eigenvalue weighted by atomic mass is 10.2. The summed E-state index contributed by atoms with van der Waals surface area (Å²) in [6, 6.07) is 13.6. The van der Waals surface area contributed by atoms with Crippen LogP contribution in [0.3, 0.4) is 0 Å². The highest BCUT2D eigenvalue weighted by atomic mass is 35.5. The zero-order valence-electron chi connectivity index (χ0n) is 16.1. The number of carbonyl (C=O) groups is 1. The molecule has 3 heterocycles. The van der Waals surface area contributed by atoms with Crippen LogP contribution in [0.5, 0.6) is 0 Å². The SMILES string of the molecule is Cc1cccc(Nc2nc(CC(=O)N3CCN(c4ccc(Cl)cc4)CC3)cs2)n1.